The highest BCUT2D eigenvalue weighted by molar-refractivity contribution is 6.31. The van der Waals surface area contributed by atoms with Gasteiger partial charge in [-0.25, -0.2) is 0 Å². The fourth-order valence-corrected chi connectivity index (χ4v) is 2.95. The summed E-state index contributed by atoms with van der Waals surface area (Å²) in [6, 6.07) is 3.08. The first-order valence-electron chi connectivity index (χ1n) is 7.48. The van der Waals surface area contributed by atoms with Crippen LogP contribution in [0.25, 0.3) is 0 Å². The van der Waals surface area contributed by atoms with Gasteiger partial charge in [0.05, 0.1) is 12.1 Å². The molecular formula is C16H15Cl2N3O3. The van der Waals surface area contributed by atoms with E-state index in [1.54, 1.807) is 17.2 Å². The predicted molar refractivity (Wildman–Crippen MR) is 90.9 cm³/mol. The molecule has 6 nitrogen and oxygen atoms in total. The lowest BCUT2D eigenvalue weighted by atomic mass is 10.1. The number of H-pyrrole nitrogens is 1. The average molecular weight is 368 g/mol. The van der Waals surface area contributed by atoms with Gasteiger partial charge in [-0.3, -0.25) is 14.6 Å². The lowest BCUT2D eigenvalue weighted by molar-refractivity contribution is 0.0537. The van der Waals surface area contributed by atoms with E-state index < -0.39 is 5.56 Å². The number of nitrogens with zero attached hydrogens (tertiary/aromatic N) is 2. The molecule has 1 amide bonds. The second-order valence-corrected chi connectivity index (χ2v) is 6.32. The largest absolute Gasteiger partial charge is 0.487 e. The fraction of sp³-hybridized carbons (Fsp3) is 0.312. The summed E-state index contributed by atoms with van der Waals surface area (Å²) in [6.45, 7) is 1.06. The molecule has 24 heavy (non-hydrogen) atoms. The minimum atomic E-state index is -0.416. The standard InChI is InChI=1S/C16H15Cl2N3O3/c17-12-6-10(7-20-15(12)22)16(23)21-5-1-2-11(9-21)24-14-3-4-19-8-13(14)18/h3-4,6-8,11H,1-2,5,9H2,(H,20,22). The van der Waals surface area contributed by atoms with Crippen LogP contribution >= 0.6 is 23.2 Å². The van der Waals surface area contributed by atoms with Gasteiger partial charge in [0, 0.05) is 31.2 Å². The highest BCUT2D eigenvalue weighted by Gasteiger charge is 2.26. The van der Waals surface area contributed by atoms with Crippen molar-refractivity contribution in [2.24, 2.45) is 0 Å². The van der Waals surface area contributed by atoms with Crippen LogP contribution in [-0.4, -0.2) is 40.0 Å². The predicted octanol–water partition coefficient (Wildman–Crippen LogP) is 2.76. The fourth-order valence-electron chi connectivity index (χ4n) is 2.62. The van der Waals surface area contributed by atoms with Gasteiger partial charge in [-0.1, -0.05) is 23.2 Å². The minimum absolute atomic E-state index is 0.00535. The number of amides is 1. The molecule has 1 fully saturated rings. The maximum atomic E-state index is 12.6. The van der Waals surface area contributed by atoms with Gasteiger partial charge in [0.15, 0.2) is 0 Å². The summed E-state index contributed by atoms with van der Waals surface area (Å²) in [5.74, 6) is 0.361. The Morgan fingerprint density at radius 1 is 1.38 bits per heavy atom. The third-order valence-electron chi connectivity index (χ3n) is 3.80. The second kappa shape index (κ2) is 7.23. The van der Waals surface area contributed by atoms with Crippen LogP contribution in [0.3, 0.4) is 0 Å². The summed E-state index contributed by atoms with van der Waals surface area (Å²) in [5.41, 5.74) is -0.0670. The Morgan fingerprint density at radius 2 is 2.21 bits per heavy atom. The van der Waals surface area contributed by atoms with Crippen molar-refractivity contribution >= 4 is 29.1 Å². The highest BCUT2D eigenvalue weighted by Crippen LogP contribution is 2.26. The van der Waals surface area contributed by atoms with Gasteiger partial charge in [-0.15, -0.1) is 0 Å². The molecule has 1 aliphatic heterocycles. The molecule has 0 bridgehead atoms. The van der Waals surface area contributed by atoms with Gasteiger partial charge >= 0.3 is 0 Å². The number of rotatable bonds is 3. The molecule has 1 saturated heterocycles. The Labute approximate surface area is 148 Å². The van der Waals surface area contributed by atoms with Gasteiger partial charge in [-0.2, -0.15) is 0 Å². The van der Waals surface area contributed by atoms with Crippen LogP contribution in [0, 0.1) is 0 Å². The van der Waals surface area contributed by atoms with E-state index in [-0.39, 0.29) is 17.0 Å². The molecule has 0 spiro atoms. The summed E-state index contributed by atoms with van der Waals surface area (Å²) in [5, 5.41) is 0.433. The zero-order chi connectivity index (χ0) is 17.1. The van der Waals surface area contributed by atoms with E-state index in [1.165, 1.54) is 18.5 Å². The van der Waals surface area contributed by atoms with Crippen molar-refractivity contribution in [3.63, 3.8) is 0 Å². The molecule has 3 heterocycles. The zero-order valence-corrected chi connectivity index (χ0v) is 14.2. The van der Waals surface area contributed by atoms with Crippen LogP contribution in [-0.2, 0) is 0 Å². The molecule has 0 aromatic carbocycles. The van der Waals surface area contributed by atoms with Crippen LogP contribution in [0.15, 0.2) is 35.5 Å². The van der Waals surface area contributed by atoms with E-state index >= 15 is 0 Å². The number of halogens is 2. The number of hydrogen-bond acceptors (Lipinski definition) is 4. The Hall–Kier alpha value is -2.05. The number of nitrogens with one attached hydrogen (secondary N) is 1. The SMILES string of the molecule is O=C(c1c[nH]c(=O)c(Cl)c1)N1CCCC(Oc2ccncc2Cl)C1. The molecule has 1 unspecified atom stereocenters. The van der Waals surface area contributed by atoms with Crippen molar-refractivity contribution in [3.05, 3.63) is 56.7 Å². The molecule has 126 valence electrons. The minimum Gasteiger partial charge on any atom is -0.487 e. The average Bonchev–Trinajstić information content (AvgIpc) is 2.59. The third kappa shape index (κ3) is 3.71. The van der Waals surface area contributed by atoms with Crippen LogP contribution in [0.4, 0.5) is 0 Å². The second-order valence-electron chi connectivity index (χ2n) is 5.50. The first-order chi connectivity index (χ1) is 11.5. The summed E-state index contributed by atoms with van der Waals surface area (Å²) in [7, 11) is 0. The van der Waals surface area contributed by atoms with Crippen molar-refractivity contribution < 1.29 is 9.53 Å². The summed E-state index contributed by atoms with van der Waals surface area (Å²) in [6.07, 6.45) is 5.99. The zero-order valence-electron chi connectivity index (χ0n) is 12.7. The molecule has 8 heteroatoms. The van der Waals surface area contributed by atoms with Gasteiger partial charge in [0.2, 0.25) is 0 Å². The number of carbonyl (C=O) groups excluding carboxylic acids is 1. The molecule has 1 N–H and O–H groups in total. The summed E-state index contributed by atoms with van der Waals surface area (Å²) < 4.78 is 5.90. The Kier molecular flexibility index (Phi) is 5.06. The van der Waals surface area contributed by atoms with E-state index in [2.05, 4.69) is 9.97 Å². The molecule has 2 aromatic rings. The lowest BCUT2D eigenvalue weighted by Crippen LogP contribution is -2.44. The number of pyridine rings is 2. The number of carbonyl (C=O) groups is 1. The Bertz CT molecular complexity index is 809. The third-order valence-corrected chi connectivity index (χ3v) is 4.36. The molecule has 3 rings (SSSR count). The molecule has 2 aromatic heterocycles. The quantitative estimate of drug-likeness (QED) is 0.904. The summed E-state index contributed by atoms with van der Waals surface area (Å²) in [4.78, 5) is 32.0. The topological polar surface area (TPSA) is 75.3 Å². The Morgan fingerprint density at radius 3 is 2.96 bits per heavy atom. The van der Waals surface area contributed by atoms with E-state index in [4.69, 9.17) is 27.9 Å². The van der Waals surface area contributed by atoms with E-state index in [0.717, 1.165) is 12.8 Å². The van der Waals surface area contributed by atoms with Crippen molar-refractivity contribution in [2.45, 2.75) is 18.9 Å². The normalized spacial score (nSPS) is 17.6. The smallest absolute Gasteiger partial charge is 0.266 e. The van der Waals surface area contributed by atoms with Crippen LogP contribution in [0.2, 0.25) is 10.0 Å². The van der Waals surface area contributed by atoms with Gasteiger partial charge in [-0.05, 0) is 18.9 Å². The molecule has 0 saturated carbocycles. The van der Waals surface area contributed by atoms with Gasteiger partial charge in [0.1, 0.15) is 21.9 Å². The molecule has 0 aliphatic carbocycles. The molecule has 1 aliphatic rings. The van der Waals surface area contributed by atoms with Crippen LogP contribution in [0.5, 0.6) is 5.75 Å². The highest BCUT2D eigenvalue weighted by atomic mass is 35.5. The van der Waals surface area contributed by atoms with Crippen LogP contribution < -0.4 is 10.3 Å². The first-order valence-corrected chi connectivity index (χ1v) is 8.24. The van der Waals surface area contributed by atoms with Crippen molar-refractivity contribution in [1.82, 2.24) is 14.9 Å². The van der Waals surface area contributed by atoms with Gasteiger partial charge in [0.25, 0.3) is 11.5 Å². The number of aromatic amines is 1. The van der Waals surface area contributed by atoms with Crippen LogP contribution in [0.1, 0.15) is 23.2 Å². The number of likely N-dealkylation sites (tertiary alicyclic amines) is 1. The van der Waals surface area contributed by atoms with E-state index in [0.29, 0.717) is 29.4 Å². The van der Waals surface area contributed by atoms with Crippen molar-refractivity contribution in [1.29, 1.82) is 0 Å². The molecular weight excluding hydrogens is 353 g/mol. The summed E-state index contributed by atoms with van der Waals surface area (Å²) >= 11 is 11.8. The first kappa shape index (κ1) is 16.8. The monoisotopic (exact) mass is 367 g/mol. The van der Waals surface area contributed by atoms with Crippen molar-refractivity contribution in [3.8, 4) is 5.75 Å². The van der Waals surface area contributed by atoms with E-state index in [9.17, 15) is 9.59 Å². The number of hydrogen-bond donors (Lipinski definition) is 1. The van der Waals surface area contributed by atoms with Crippen molar-refractivity contribution in [2.75, 3.05) is 13.1 Å². The Balaban J connectivity index is 1.71. The number of aromatic nitrogens is 2. The van der Waals surface area contributed by atoms with E-state index in [1.807, 2.05) is 0 Å². The molecule has 1 atom stereocenters. The number of ether oxygens (including phenoxy) is 1. The van der Waals surface area contributed by atoms with Gasteiger partial charge < -0.3 is 14.6 Å². The molecule has 0 radical (unpaired) electrons. The number of piperidine rings is 1. The maximum absolute atomic E-state index is 12.6. The lowest BCUT2D eigenvalue weighted by Gasteiger charge is -2.33. The maximum Gasteiger partial charge on any atom is 0.266 e.